The topological polar surface area (TPSA) is 26.0 Å². The van der Waals surface area contributed by atoms with Crippen LogP contribution in [0.3, 0.4) is 0 Å². The molecular formula is C11H19N. The van der Waals surface area contributed by atoms with Crippen LogP contribution in [0.15, 0.2) is 0 Å². The number of hydrogen-bond donors (Lipinski definition) is 1. The van der Waals surface area contributed by atoms with E-state index in [0.717, 1.165) is 11.8 Å². The third-order valence-electron chi connectivity index (χ3n) is 4.93. The molecule has 2 N–H and O–H groups in total. The molecule has 12 heavy (non-hydrogen) atoms. The second-order valence-corrected chi connectivity index (χ2v) is 5.49. The summed E-state index contributed by atoms with van der Waals surface area (Å²) in [6, 6.07) is 0. The first kappa shape index (κ1) is 7.37. The third kappa shape index (κ3) is 0.654. The van der Waals surface area contributed by atoms with Crippen molar-refractivity contribution >= 4 is 0 Å². The van der Waals surface area contributed by atoms with Gasteiger partial charge in [0, 0.05) is 5.54 Å². The van der Waals surface area contributed by atoms with Crippen LogP contribution in [0, 0.1) is 17.3 Å². The zero-order valence-corrected chi connectivity index (χ0v) is 7.97. The fourth-order valence-corrected chi connectivity index (χ4v) is 3.69. The van der Waals surface area contributed by atoms with Gasteiger partial charge in [-0.3, -0.25) is 0 Å². The quantitative estimate of drug-likeness (QED) is 0.634. The lowest BCUT2D eigenvalue weighted by Crippen LogP contribution is -2.36. The maximum absolute atomic E-state index is 6.54. The lowest BCUT2D eigenvalue weighted by molar-refractivity contribution is 0.368. The Morgan fingerprint density at radius 1 is 1.08 bits per heavy atom. The van der Waals surface area contributed by atoms with Crippen LogP contribution in [0.5, 0.6) is 0 Å². The molecule has 0 aliphatic heterocycles. The lowest BCUT2D eigenvalue weighted by atomic mass is 9.93. The monoisotopic (exact) mass is 165 g/mol. The summed E-state index contributed by atoms with van der Waals surface area (Å²) >= 11 is 0. The molecule has 2 atom stereocenters. The van der Waals surface area contributed by atoms with Crippen molar-refractivity contribution in [2.24, 2.45) is 23.0 Å². The Balaban J connectivity index is 1.85. The van der Waals surface area contributed by atoms with Gasteiger partial charge in [0.15, 0.2) is 0 Å². The molecule has 0 radical (unpaired) electrons. The van der Waals surface area contributed by atoms with Gasteiger partial charge in [0.25, 0.3) is 0 Å². The SMILES string of the molecule is CC1(C2(N)C3CCCCC32)CC1. The molecule has 68 valence electrons. The van der Waals surface area contributed by atoms with Crippen molar-refractivity contribution < 1.29 is 0 Å². The van der Waals surface area contributed by atoms with Crippen LogP contribution in [-0.2, 0) is 0 Å². The van der Waals surface area contributed by atoms with E-state index in [2.05, 4.69) is 6.92 Å². The Hall–Kier alpha value is -0.0400. The van der Waals surface area contributed by atoms with Gasteiger partial charge >= 0.3 is 0 Å². The van der Waals surface area contributed by atoms with Crippen LogP contribution < -0.4 is 5.73 Å². The van der Waals surface area contributed by atoms with E-state index < -0.39 is 0 Å². The van der Waals surface area contributed by atoms with E-state index >= 15 is 0 Å². The van der Waals surface area contributed by atoms with Gasteiger partial charge in [-0.2, -0.15) is 0 Å². The molecule has 0 spiro atoms. The summed E-state index contributed by atoms with van der Waals surface area (Å²) in [6.45, 7) is 2.41. The molecule has 3 rings (SSSR count). The van der Waals surface area contributed by atoms with E-state index in [1.807, 2.05) is 0 Å². The molecule has 0 aromatic rings. The summed E-state index contributed by atoms with van der Waals surface area (Å²) in [6.07, 6.45) is 8.53. The van der Waals surface area contributed by atoms with Crippen LogP contribution in [0.1, 0.15) is 45.4 Å². The first-order valence-electron chi connectivity index (χ1n) is 5.47. The highest BCUT2D eigenvalue weighted by atomic mass is 15.0. The minimum absolute atomic E-state index is 0.295. The summed E-state index contributed by atoms with van der Waals surface area (Å²) in [5, 5.41) is 0. The molecule has 0 amide bonds. The van der Waals surface area contributed by atoms with Crippen LogP contribution >= 0.6 is 0 Å². The van der Waals surface area contributed by atoms with Crippen molar-refractivity contribution in [3.63, 3.8) is 0 Å². The summed E-state index contributed by atoms with van der Waals surface area (Å²) in [5.74, 6) is 1.83. The van der Waals surface area contributed by atoms with Gasteiger partial charge < -0.3 is 5.73 Å². The van der Waals surface area contributed by atoms with Gasteiger partial charge in [-0.1, -0.05) is 19.8 Å². The lowest BCUT2D eigenvalue weighted by Gasteiger charge is -2.19. The second kappa shape index (κ2) is 1.89. The molecule has 0 heterocycles. The van der Waals surface area contributed by atoms with Gasteiger partial charge in [-0.05, 0) is 42.9 Å². The molecule has 3 aliphatic rings. The van der Waals surface area contributed by atoms with E-state index in [9.17, 15) is 0 Å². The van der Waals surface area contributed by atoms with E-state index in [4.69, 9.17) is 5.73 Å². The van der Waals surface area contributed by atoms with E-state index in [1.165, 1.54) is 38.5 Å². The van der Waals surface area contributed by atoms with Gasteiger partial charge in [0.05, 0.1) is 0 Å². The van der Waals surface area contributed by atoms with Crippen molar-refractivity contribution in [1.82, 2.24) is 0 Å². The summed E-state index contributed by atoms with van der Waals surface area (Å²) < 4.78 is 0. The zero-order valence-electron chi connectivity index (χ0n) is 7.97. The number of fused-ring (bicyclic) bond motifs is 1. The highest BCUT2D eigenvalue weighted by molar-refractivity contribution is 5.27. The number of nitrogens with two attached hydrogens (primary N) is 1. The molecule has 1 heteroatoms. The molecule has 1 nitrogen and oxygen atoms in total. The Morgan fingerprint density at radius 2 is 1.58 bits per heavy atom. The Bertz CT molecular complexity index is 205. The second-order valence-electron chi connectivity index (χ2n) is 5.49. The Labute approximate surface area is 74.7 Å². The Kier molecular flexibility index (Phi) is 1.16. The maximum Gasteiger partial charge on any atom is 0.0272 e. The predicted octanol–water partition coefficient (Wildman–Crippen LogP) is 2.30. The fourth-order valence-electron chi connectivity index (χ4n) is 3.69. The van der Waals surface area contributed by atoms with Gasteiger partial charge in [-0.15, -0.1) is 0 Å². The van der Waals surface area contributed by atoms with Gasteiger partial charge in [0.1, 0.15) is 0 Å². The molecule has 0 saturated heterocycles. The normalized spacial score (nSPS) is 54.5. The molecule has 0 bridgehead atoms. The molecule has 0 aromatic carbocycles. The van der Waals surface area contributed by atoms with Gasteiger partial charge in [0.2, 0.25) is 0 Å². The largest absolute Gasteiger partial charge is 0.324 e. The molecule has 3 saturated carbocycles. The highest BCUT2D eigenvalue weighted by Gasteiger charge is 2.73. The van der Waals surface area contributed by atoms with Crippen molar-refractivity contribution in [2.45, 2.75) is 51.0 Å². The summed E-state index contributed by atoms with van der Waals surface area (Å²) in [7, 11) is 0. The third-order valence-corrected chi connectivity index (χ3v) is 4.93. The van der Waals surface area contributed by atoms with Crippen molar-refractivity contribution in [2.75, 3.05) is 0 Å². The molecule has 3 aliphatic carbocycles. The molecule has 0 aromatic heterocycles. The fraction of sp³-hybridized carbons (Fsp3) is 1.00. The first-order chi connectivity index (χ1) is 5.68. The summed E-state index contributed by atoms with van der Waals surface area (Å²) in [4.78, 5) is 0. The number of rotatable bonds is 1. The van der Waals surface area contributed by atoms with Crippen LogP contribution in [0.25, 0.3) is 0 Å². The average molecular weight is 165 g/mol. The van der Waals surface area contributed by atoms with E-state index in [0.29, 0.717) is 11.0 Å². The smallest absolute Gasteiger partial charge is 0.0272 e. The van der Waals surface area contributed by atoms with Gasteiger partial charge in [-0.25, -0.2) is 0 Å². The van der Waals surface area contributed by atoms with E-state index in [1.54, 1.807) is 0 Å². The average Bonchev–Trinajstić information content (AvgIpc) is 2.95. The summed E-state index contributed by atoms with van der Waals surface area (Å²) in [5.41, 5.74) is 7.39. The number of hydrogen-bond acceptors (Lipinski definition) is 1. The molecular weight excluding hydrogens is 146 g/mol. The van der Waals surface area contributed by atoms with E-state index in [-0.39, 0.29) is 0 Å². The maximum atomic E-state index is 6.54. The predicted molar refractivity (Wildman–Crippen MR) is 49.7 cm³/mol. The zero-order chi connectivity index (χ0) is 8.40. The van der Waals surface area contributed by atoms with Crippen molar-refractivity contribution in [3.05, 3.63) is 0 Å². The van der Waals surface area contributed by atoms with Crippen LogP contribution in [0.4, 0.5) is 0 Å². The standard InChI is InChI=1S/C11H19N/c1-10(6-7-10)11(12)8-4-2-3-5-9(8)11/h8-9H,2-7,12H2,1H3. The molecule has 2 unspecified atom stereocenters. The van der Waals surface area contributed by atoms with Crippen LogP contribution in [-0.4, -0.2) is 5.54 Å². The van der Waals surface area contributed by atoms with Crippen molar-refractivity contribution in [3.8, 4) is 0 Å². The first-order valence-corrected chi connectivity index (χ1v) is 5.47. The highest BCUT2D eigenvalue weighted by Crippen LogP contribution is 2.71. The Morgan fingerprint density at radius 3 is 2.00 bits per heavy atom. The minimum Gasteiger partial charge on any atom is -0.324 e. The van der Waals surface area contributed by atoms with Crippen LogP contribution in [0.2, 0.25) is 0 Å². The molecule has 3 fully saturated rings. The minimum atomic E-state index is 0.295. The van der Waals surface area contributed by atoms with Crippen molar-refractivity contribution in [1.29, 1.82) is 0 Å².